The Morgan fingerprint density at radius 1 is 1.38 bits per heavy atom. The van der Waals surface area contributed by atoms with E-state index in [0.29, 0.717) is 29.8 Å². The van der Waals surface area contributed by atoms with Gasteiger partial charge in [0.15, 0.2) is 5.96 Å². The third-order valence-corrected chi connectivity index (χ3v) is 4.65. The molecule has 0 aliphatic rings. The van der Waals surface area contributed by atoms with Crippen LogP contribution in [0.5, 0.6) is 0 Å². The summed E-state index contributed by atoms with van der Waals surface area (Å²) in [5.74, 6) is 1.70. The van der Waals surface area contributed by atoms with Crippen LogP contribution in [0, 0.1) is 6.92 Å². The van der Waals surface area contributed by atoms with Crippen molar-refractivity contribution in [2.75, 3.05) is 14.1 Å². The van der Waals surface area contributed by atoms with E-state index in [1.807, 2.05) is 36.4 Å². The summed E-state index contributed by atoms with van der Waals surface area (Å²) < 4.78 is 5.30. The van der Waals surface area contributed by atoms with Gasteiger partial charge in [-0.05, 0) is 19.1 Å². The molecule has 1 aromatic carbocycles. The highest BCUT2D eigenvalue weighted by Gasteiger charge is 2.12. The zero-order valence-corrected chi connectivity index (χ0v) is 16.3. The van der Waals surface area contributed by atoms with Gasteiger partial charge < -0.3 is 14.7 Å². The largest absolute Gasteiger partial charge is 0.347 e. The number of aryl methyl sites for hydroxylation is 1. The number of nitrogens with zero attached hydrogens (tertiary/aromatic N) is 5. The highest BCUT2D eigenvalue weighted by Crippen LogP contribution is 2.19. The summed E-state index contributed by atoms with van der Waals surface area (Å²) in [5, 5.41) is 11.0. The van der Waals surface area contributed by atoms with Gasteiger partial charge in [0.2, 0.25) is 11.7 Å². The first-order valence-electron chi connectivity index (χ1n) is 7.96. The van der Waals surface area contributed by atoms with Gasteiger partial charge in [0, 0.05) is 30.1 Å². The molecule has 0 fully saturated rings. The van der Waals surface area contributed by atoms with Crippen molar-refractivity contribution >= 4 is 28.9 Å². The smallest absolute Gasteiger partial charge is 0.246 e. The van der Waals surface area contributed by atoms with Crippen molar-refractivity contribution in [2.24, 2.45) is 4.99 Å². The number of aliphatic imine (C=N–C) groups is 1. The van der Waals surface area contributed by atoms with Gasteiger partial charge in [-0.15, -0.1) is 11.3 Å². The molecule has 0 spiro atoms. The molecule has 0 aliphatic heterocycles. The molecule has 0 amide bonds. The lowest BCUT2D eigenvalue weighted by molar-refractivity contribution is 0.371. The van der Waals surface area contributed by atoms with Crippen LogP contribution in [0.4, 0.5) is 0 Å². The number of guanidine groups is 1. The number of aromatic nitrogens is 3. The molecule has 0 bridgehead atoms. The highest BCUT2D eigenvalue weighted by atomic mass is 35.5. The average Bonchev–Trinajstić information content (AvgIpc) is 3.24. The number of nitrogens with one attached hydrogen (secondary N) is 1. The molecule has 2 heterocycles. The minimum absolute atomic E-state index is 0.376. The van der Waals surface area contributed by atoms with Gasteiger partial charge in [0.1, 0.15) is 0 Å². The SMILES string of the molecule is CN=C(NCc1nc(-c2cccc(Cl)c2)no1)N(C)Cc1csc(C)n1. The molecule has 0 aliphatic carbocycles. The van der Waals surface area contributed by atoms with E-state index >= 15 is 0 Å². The molecule has 7 nitrogen and oxygen atoms in total. The minimum Gasteiger partial charge on any atom is -0.347 e. The average molecular weight is 391 g/mol. The van der Waals surface area contributed by atoms with Crippen LogP contribution in [-0.2, 0) is 13.1 Å². The molecule has 26 heavy (non-hydrogen) atoms. The number of hydrogen-bond donors (Lipinski definition) is 1. The molecule has 1 N–H and O–H groups in total. The fraction of sp³-hybridized carbons (Fsp3) is 0.294. The Morgan fingerprint density at radius 2 is 2.23 bits per heavy atom. The molecule has 0 atom stereocenters. The van der Waals surface area contributed by atoms with Gasteiger partial charge in [0.05, 0.1) is 23.8 Å². The monoisotopic (exact) mass is 390 g/mol. The lowest BCUT2D eigenvalue weighted by Crippen LogP contribution is -2.38. The Bertz CT molecular complexity index is 906. The van der Waals surface area contributed by atoms with Crippen molar-refractivity contribution in [3.05, 3.63) is 51.3 Å². The maximum atomic E-state index is 6.00. The summed E-state index contributed by atoms with van der Waals surface area (Å²) in [6.07, 6.45) is 0. The molecule has 3 aromatic rings. The Labute approximate surface area is 160 Å². The van der Waals surface area contributed by atoms with Crippen LogP contribution in [-0.4, -0.2) is 40.1 Å². The highest BCUT2D eigenvalue weighted by molar-refractivity contribution is 7.09. The number of thiazole rings is 1. The zero-order chi connectivity index (χ0) is 18.5. The Morgan fingerprint density at radius 3 is 2.92 bits per heavy atom. The predicted molar refractivity (Wildman–Crippen MR) is 103 cm³/mol. The lowest BCUT2D eigenvalue weighted by atomic mass is 10.2. The van der Waals surface area contributed by atoms with Crippen LogP contribution >= 0.6 is 22.9 Å². The van der Waals surface area contributed by atoms with E-state index in [0.717, 1.165) is 22.2 Å². The van der Waals surface area contributed by atoms with Crippen LogP contribution in [0.2, 0.25) is 5.02 Å². The Hall–Kier alpha value is -2.45. The van der Waals surface area contributed by atoms with Gasteiger partial charge in [0.25, 0.3) is 0 Å². The van der Waals surface area contributed by atoms with E-state index in [1.54, 1.807) is 30.5 Å². The van der Waals surface area contributed by atoms with Crippen LogP contribution in [0.3, 0.4) is 0 Å². The molecular weight excluding hydrogens is 372 g/mol. The lowest BCUT2D eigenvalue weighted by Gasteiger charge is -2.20. The Kier molecular flexibility index (Phi) is 5.85. The first-order chi connectivity index (χ1) is 12.5. The quantitative estimate of drug-likeness (QED) is 0.531. The van der Waals surface area contributed by atoms with Gasteiger partial charge in [-0.2, -0.15) is 4.98 Å². The molecule has 3 rings (SSSR count). The predicted octanol–water partition coefficient (Wildman–Crippen LogP) is 3.36. The van der Waals surface area contributed by atoms with E-state index in [-0.39, 0.29) is 0 Å². The normalized spacial score (nSPS) is 11.6. The van der Waals surface area contributed by atoms with Crippen LogP contribution in [0.25, 0.3) is 11.4 Å². The summed E-state index contributed by atoms with van der Waals surface area (Å²) in [6.45, 7) is 3.04. The molecule has 0 radical (unpaired) electrons. The van der Waals surface area contributed by atoms with Crippen molar-refractivity contribution < 1.29 is 4.52 Å². The van der Waals surface area contributed by atoms with Crippen LogP contribution in [0.1, 0.15) is 16.6 Å². The van der Waals surface area contributed by atoms with E-state index < -0.39 is 0 Å². The summed E-state index contributed by atoms with van der Waals surface area (Å²) in [4.78, 5) is 15.1. The second-order valence-corrected chi connectivity index (χ2v) is 7.14. The summed E-state index contributed by atoms with van der Waals surface area (Å²) >= 11 is 7.64. The summed E-state index contributed by atoms with van der Waals surface area (Å²) in [7, 11) is 3.69. The van der Waals surface area contributed by atoms with Crippen molar-refractivity contribution in [1.82, 2.24) is 25.3 Å². The van der Waals surface area contributed by atoms with Crippen molar-refractivity contribution in [3.8, 4) is 11.4 Å². The molecule has 0 saturated carbocycles. The van der Waals surface area contributed by atoms with Gasteiger partial charge >= 0.3 is 0 Å². The fourth-order valence-corrected chi connectivity index (χ4v) is 3.20. The summed E-state index contributed by atoms with van der Waals surface area (Å²) in [5.41, 5.74) is 1.83. The topological polar surface area (TPSA) is 79.4 Å². The number of halogens is 1. The minimum atomic E-state index is 0.376. The van der Waals surface area contributed by atoms with Crippen molar-refractivity contribution in [3.63, 3.8) is 0 Å². The Balaban J connectivity index is 1.60. The van der Waals surface area contributed by atoms with Gasteiger partial charge in [-0.1, -0.05) is 28.9 Å². The van der Waals surface area contributed by atoms with Crippen LogP contribution in [0.15, 0.2) is 39.2 Å². The summed E-state index contributed by atoms with van der Waals surface area (Å²) in [6, 6.07) is 7.34. The molecule has 0 unspecified atom stereocenters. The standard InChI is InChI=1S/C17H19ClN6OS/c1-11-21-14(10-26-11)9-24(3)17(19-2)20-8-15-22-16(23-25-15)12-5-4-6-13(18)7-12/h4-7,10H,8-9H2,1-3H3,(H,19,20). The van der Waals surface area contributed by atoms with E-state index in [9.17, 15) is 0 Å². The number of rotatable bonds is 5. The van der Waals surface area contributed by atoms with E-state index in [1.165, 1.54) is 0 Å². The number of hydrogen-bond acceptors (Lipinski definition) is 6. The number of benzene rings is 1. The maximum Gasteiger partial charge on any atom is 0.246 e. The maximum absolute atomic E-state index is 6.00. The first-order valence-corrected chi connectivity index (χ1v) is 9.22. The third kappa shape index (κ3) is 4.59. The van der Waals surface area contributed by atoms with Gasteiger partial charge in [-0.25, -0.2) is 4.98 Å². The second kappa shape index (κ2) is 8.29. The zero-order valence-electron chi connectivity index (χ0n) is 14.7. The molecule has 136 valence electrons. The molecule has 9 heteroatoms. The van der Waals surface area contributed by atoms with E-state index in [4.69, 9.17) is 16.1 Å². The van der Waals surface area contributed by atoms with Crippen molar-refractivity contribution in [1.29, 1.82) is 0 Å². The van der Waals surface area contributed by atoms with E-state index in [2.05, 4.69) is 25.4 Å². The molecule has 0 saturated heterocycles. The molecule has 2 aromatic heterocycles. The molecular formula is C17H19ClN6OS. The third-order valence-electron chi connectivity index (χ3n) is 3.59. The first kappa shape index (κ1) is 18.3. The van der Waals surface area contributed by atoms with Crippen molar-refractivity contribution in [2.45, 2.75) is 20.0 Å². The fourth-order valence-electron chi connectivity index (χ4n) is 2.41. The van der Waals surface area contributed by atoms with Crippen LogP contribution < -0.4 is 5.32 Å². The van der Waals surface area contributed by atoms with Gasteiger partial charge in [-0.3, -0.25) is 4.99 Å². The second-order valence-electron chi connectivity index (χ2n) is 5.64.